The fourth-order valence-corrected chi connectivity index (χ4v) is 2.24. The molecule has 2 heterocycles. The zero-order valence-corrected chi connectivity index (χ0v) is 11.6. The van der Waals surface area contributed by atoms with Gasteiger partial charge in [0.05, 0.1) is 0 Å². The maximum absolute atomic E-state index is 5.95. The molecule has 104 valence electrons. The van der Waals surface area contributed by atoms with Crippen LogP contribution >= 0.6 is 0 Å². The summed E-state index contributed by atoms with van der Waals surface area (Å²) < 4.78 is 11.6. The second-order valence-corrected chi connectivity index (χ2v) is 4.76. The molecule has 1 aromatic heterocycles. The smallest absolute Gasteiger partial charge is 0.192 e. The lowest BCUT2D eigenvalue weighted by atomic mass is 10.2. The molecule has 1 aliphatic rings. The van der Waals surface area contributed by atoms with Gasteiger partial charge in [0, 0.05) is 11.3 Å². The van der Waals surface area contributed by atoms with Crippen molar-refractivity contribution in [2.75, 3.05) is 12.3 Å². The van der Waals surface area contributed by atoms with Gasteiger partial charge in [0.15, 0.2) is 23.4 Å². The van der Waals surface area contributed by atoms with Crippen LogP contribution in [0.25, 0.3) is 0 Å². The largest absolute Gasteiger partial charge is 0.485 e. The predicted octanol–water partition coefficient (Wildman–Crippen LogP) is 2.44. The molecule has 1 aromatic carbocycles. The van der Waals surface area contributed by atoms with Crippen LogP contribution in [0, 0.1) is 6.92 Å². The van der Waals surface area contributed by atoms with E-state index in [0.29, 0.717) is 24.0 Å². The third-order valence-electron chi connectivity index (χ3n) is 3.43. The summed E-state index contributed by atoms with van der Waals surface area (Å²) in [6.45, 7) is 4.38. The molecule has 0 saturated heterocycles. The van der Waals surface area contributed by atoms with Gasteiger partial charge in [-0.25, -0.2) is 9.97 Å². The lowest BCUT2D eigenvalue weighted by Crippen LogP contribution is -2.24. The van der Waals surface area contributed by atoms with Crippen molar-refractivity contribution in [3.05, 3.63) is 41.3 Å². The molecular weight excluding hydrogens is 254 g/mol. The Bertz CT molecular complexity index is 643. The molecule has 0 amide bonds. The second-order valence-electron chi connectivity index (χ2n) is 4.76. The van der Waals surface area contributed by atoms with Crippen LogP contribution in [0.4, 0.5) is 5.82 Å². The zero-order chi connectivity index (χ0) is 14.1. The van der Waals surface area contributed by atoms with Crippen molar-refractivity contribution in [1.82, 2.24) is 9.97 Å². The van der Waals surface area contributed by atoms with Gasteiger partial charge in [0.2, 0.25) is 0 Å². The number of aromatic nitrogens is 2. The van der Waals surface area contributed by atoms with E-state index in [1.165, 1.54) is 0 Å². The standard InChI is InChI=1S/C15H17N3O2/c1-3-10-9(2)14(16)18-15(17-10)13-8-19-11-6-4-5-7-12(11)20-13/h4-7,13H,3,8H2,1-2H3,(H2,16,17,18). The zero-order valence-electron chi connectivity index (χ0n) is 11.6. The SMILES string of the molecule is CCc1nc(C2COc3ccccc3O2)nc(N)c1C. The average Bonchev–Trinajstić information content (AvgIpc) is 2.49. The highest BCUT2D eigenvalue weighted by atomic mass is 16.6. The van der Waals surface area contributed by atoms with E-state index >= 15 is 0 Å². The molecule has 0 bridgehead atoms. The summed E-state index contributed by atoms with van der Waals surface area (Å²) in [4.78, 5) is 8.89. The van der Waals surface area contributed by atoms with Gasteiger partial charge in [-0.1, -0.05) is 19.1 Å². The van der Waals surface area contributed by atoms with Crippen LogP contribution in [0.1, 0.15) is 30.1 Å². The molecule has 1 atom stereocenters. The van der Waals surface area contributed by atoms with Gasteiger partial charge in [-0.15, -0.1) is 0 Å². The van der Waals surface area contributed by atoms with E-state index in [0.717, 1.165) is 23.4 Å². The summed E-state index contributed by atoms with van der Waals surface area (Å²) in [5.74, 6) is 2.55. The number of ether oxygens (including phenoxy) is 2. The first kappa shape index (κ1) is 12.7. The first-order valence-corrected chi connectivity index (χ1v) is 6.70. The molecule has 0 aliphatic carbocycles. The molecule has 20 heavy (non-hydrogen) atoms. The number of rotatable bonds is 2. The van der Waals surface area contributed by atoms with E-state index in [1.807, 2.05) is 38.1 Å². The van der Waals surface area contributed by atoms with E-state index in [4.69, 9.17) is 15.2 Å². The van der Waals surface area contributed by atoms with E-state index in [2.05, 4.69) is 9.97 Å². The van der Waals surface area contributed by atoms with Crippen LogP contribution in [-0.2, 0) is 6.42 Å². The predicted molar refractivity (Wildman–Crippen MR) is 75.9 cm³/mol. The summed E-state index contributed by atoms with van der Waals surface area (Å²) in [6.07, 6.45) is 0.494. The van der Waals surface area contributed by atoms with Crippen molar-refractivity contribution in [2.45, 2.75) is 26.4 Å². The monoisotopic (exact) mass is 271 g/mol. The highest BCUT2D eigenvalue weighted by Crippen LogP contribution is 2.35. The van der Waals surface area contributed by atoms with E-state index in [-0.39, 0.29) is 6.10 Å². The Kier molecular flexibility index (Phi) is 3.18. The van der Waals surface area contributed by atoms with Crippen molar-refractivity contribution in [1.29, 1.82) is 0 Å². The molecule has 1 unspecified atom stereocenters. The topological polar surface area (TPSA) is 70.3 Å². The quantitative estimate of drug-likeness (QED) is 0.908. The summed E-state index contributed by atoms with van der Waals surface area (Å²) in [7, 11) is 0. The van der Waals surface area contributed by atoms with Crippen molar-refractivity contribution in [3.8, 4) is 11.5 Å². The van der Waals surface area contributed by atoms with Crippen LogP contribution in [-0.4, -0.2) is 16.6 Å². The van der Waals surface area contributed by atoms with E-state index < -0.39 is 0 Å². The summed E-state index contributed by atoms with van der Waals surface area (Å²) in [5.41, 5.74) is 7.84. The van der Waals surface area contributed by atoms with Gasteiger partial charge in [0.1, 0.15) is 12.4 Å². The number of hydrogen-bond donors (Lipinski definition) is 1. The third-order valence-corrected chi connectivity index (χ3v) is 3.43. The van der Waals surface area contributed by atoms with Gasteiger partial charge < -0.3 is 15.2 Å². The minimum absolute atomic E-state index is 0.321. The second kappa shape index (κ2) is 5.00. The molecule has 0 saturated carbocycles. The normalized spacial score (nSPS) is 17.0. The lowest BCUT2D eigenvalue weighted by molar-refractivity contribution is 0.0850. The van der Waals surface area contributed by atoms with E-state index in [9.17, 15) is 0 Å². The Balaban J connectivity index is 1.93. The Morgan fingerprint density at radius 3 is 2.75 bits per heavy atom. The number of aryl methyl sites for hydroxylation is 1. The fourth-order valence-electron chi connectivity index (χ4n) is 2.24. The molecule has 0 spiro atoms. The van der Waals surface area contributed by atoms with Crippen LogP contribution in [0.15, 0.2) is 24.3 Å². The van der Waals surface area contributed by atoms with Gasteiger partial charge in [-0.05, 0) is 25.5 Å². The van der Waals surface area contributed by atoms with Crippen LogP contribution in [0.5, 0.6) is 11.5 Å². The highest BCUT2D eigenvalue weighted by Gasteiger charge is 2.25. The molecule has 2 aromatic rings. The molecule has 5 nitrogen and oxygen atoms in total. The van der Waals surface area contributed by atoms with Crippen LogP contribution in [0.3, 0.4) is 0 Å². The van der Waals surface area contributed by atoms with Crippen molar-refractivity contribution < 1.29 is 9.47 Å². The minimum Gasteiger partial charge on any atom is -0.485 e. The van der Waals surface area contributed by atoms with Gasteiger partial charge >= 0.3 is 0 Å². The summed E-state index contributed by atoms with van der Waals surface area (Å²) in [6, 6.07) is 7.58. The van der Waals surface area contributed by atoms with Crippen LogP contribution < -0.4 is 15.2 Å². The molecule has 5 heteroatoms. The third kappa shape index (κ3) is 2.15. The van der Waals surface area contributed by atoms with Gasteiger partial charge in [-0.2, -0.15) is 0 Å². The maximum atomic E-state index is 5.95. The average molecular weight is 271 g/mol. The first-order valence-electron chi connectivity index (χ1n) is 6.70. The number of benzene rings is 1. The molecule has 3 rings (SSSR count). The Labute approximate surface area is 117 Å². The minimum atomic E-state index is -0.321. The number of anilines is 1. The molecular formula is C15H17N3O2. The Morgan fingerprint density at radius 2 is 2.00 bits per heavy atom. The molecule has 0 fully saturated rings. The van der Waals surface area contributed by atoms with E-state index in [1.54, 1.807) is 0 Å². The lowest BCUT2D eigenvalue weighted by Gasteiger charge is -2.26. The highest BCUT2D eigenvalue weighted by molar-refractivity contribution is 5.43. The number of fused-ring (bicyclic) bond motifs is 1. The number of nitrogen functional groups attached to an aromatic ring is 1. The summed E-state index contributed by atoms with van der Waals surface area (Å²) >= 11 is 0. The fraction of sp³-hybridized carbons (Fsp3) is 0.333. The number of nitrogens with zero attached hydrogens (tertiary/aromatic N) is 2. The Hall–Kier alpha value is -2.30. The summed E-state index contributed by atoms with van der Waals surface area (Å²) in [5, 5.41) is 0. The molecule has 2 N–H and O–H groups in total. The van der Waals surface area contributed by atoms with Crippen LogP contribution in [0.2, 0.25) is 0 Å². The Morgan fingerprint density at radius 1 is 1.25 bits per heavy atom. The van der Waals surface area contributed by atoms with Gasteiger partial charge in [-0.3, -0.25) is 0 Å². The van der Waals surface area contributed by atoms with Crippen molar-refractivity contribution in [3.63, 3.8) is 0 Å². The first-order chi connectivity index (χ1) is 9.69. The number of nitrogens with two attached hydrogens (primary N) is 1. The van der Waals surface area contributed by atoms with Crippen molar-refractivity contribution in [2.24, 2.45) is 0 Å². The number of para-hydroxylation sites is 2. The molecule has 0 radical (unpaired) electrons. The van der Waals surface area contributed by atoms with Crippen molar-refractivity contribution >= 4 is 5.82 Å². The number of hydrogen-bond acceptors (Lipinski definition) is 5. The maximum Gasteiger partial charge on any atom is 0.192 e. The van der Waals surface area contributed by atoms with Gasteiger partial charge in [0.25, 0.3) is 0 Å². The molecule has 1 aliphatic heterocycles.